The Kier molecular flexibility index (Phi) is 5.32. The van der Waals surface area contributed by atoms with E-state index in [1.165, 1.54) is 36.0 Å². The number of amidine groups is 1. The van der Waals surface area contributed by atoms with Gasteiger partial charge < -0.3 is 10.6 Å². The van der Waals surface area contributed by atoms with E-state index in [-0.39, 0.29) is 24.1 Å². The summed E-state index contributed by atoms with van der Waals surface area (Å²) in [5, 5.41) is 5.40. The van der Waals surface area contributed by atoms with Gasteiger partial charge in [-0.25, -0.2) is 4.39 Å². The average Bonchev–Trinajstić information content (AvgIpc) is 2.79. The van der Waals surface area contributed by atoms with Crippen LogP contribution in [0.25, 0.3) is 0 Å². The minimum Gasteiger partial charge on any atom is -0.326 e. The number of carbonyl (C=O) groups excluding carboxylic acids is 2. The molecule has 0 unspecified atom stereocenters. The summed E-state index contributed by atoms with van der Waals surface area (Å²) in [5.74, 6) is -0.856. The maximum atomic E-state index is 12.8. The molecule has 0 spiro atoms. The smallest absolute Gasteiger partial charge is 0.240 e. The third kappa shape index (κ3) is 4.56. The Bertz CT molecular complexity index is 560. The van der Waals surface area contributed by atoms with Gasteiger partial charge in [-0.05, 0) is 30.7 Å². The minimum absolute atomic E-state index is 0.0546. The van der Waals surface area contributed by atoms with Gasteiger partial charge in [0.05, 0.1) is 0 Å². The summed E-state index contributed by atoms with van der Waals surface area (Å²) in [6.45, 7) is 2.65. The van der Waals surface area contributed by atoms with Crippen molar-refractivity contribution in [3.63, 3.8) is 0 Å². The van der Waals surface area contributed by atoms with Crippen molar-refractivity contribution in [2.45, 2.75) is 25.0 Å². The number of nitrogens with zero attached hydrogens (tertiary/aromatic N) is 1. The lowest BCUT2D eigenvalue weighted by Crippen LogP contribution is -2.28. The lowest BCUT2D eigenvalue weighted by Gasteiger charge is -2.07. The predicted octanol–water partition coefficient (Wildman–Crippen LogP) is 2.15. The van der Waals surface area contributed by atoms with Crippen LogP contribution < -0.4 is 10.6 Å². The van der Waals surface area contributed by atoms with E-state index >= 15 is 0 Å². The SMILES string of the molecule is CCCN=C1NC(=O)[C@H](CC(=O)Nc2ccc(F)cc2)S1. The zero-order chi connectivity index (χ0) is 15.2. The minimum atomic E-state index is -0.471. The fourth-order valence-corrected chi connectivity index (χ4v) is 2.74. The molecule has 5 nitrogen and oxygen atoms in total. The average molecular weight is 309 g/mol. The molecule has 1 saturated heterocycles. The van der Waals surface area contributed by atoms with Gasteiger partial charge in [-0.3, -0.25) is 14.6 Å². The van der Waals surface area contributed by atoms with Crippen LogP contribution in [0.2, 0.25) is 0 Å². The second-order valence-electron chi connectivity index (χ2n) is 4.54. The molecule has 112 valence electrons. The van der Waals surface area contributed by atoms with Crippen molar-refractivity contribution >= 4 is 34.4 Å². The van der Waals surface area contributed by atoms with Crippen LogP contribution >= 0.6 is 11.8 Å². The Morgan fingerprint density at radius 1 is 1.43 bits per heavy atom. The maximum Gasteiger partial charge on any atom is 0.240 e. The van der Waals surface area contributed by atoms with Crippen molar-refractivity contribution in [2.75, 3.05) is 11.9 Å². The van der Waals surface area contributed by atoms with E-state index in [9.17, 15) is 14.0 Å². The van der Waals surface area contributed by atoms with Gasteiger partial charge in [-0.2, -0.15) is 0 Å². The molecule has 1 aliphatic rings. The van der Waals surface area contributed by atoms with Crippen molar-refractivity contribution < 1.29 is 14.0 Å². The van der Waals surface area contributed by atoms with Crippen LogP contribution in [0.4, 0.5) is 10.1 Å². The van der Waals surface area contributed by atoms with Crippen molar-refractivity contribution in [3.8, 4) is 0 Å². The molecular weight excluding hydrogens is 293 g/mol. The number of halogens is 1. The summed E-state index contributed by atoms with van der Waals surface area (Å²) in [7, 11) is 0. The molecule has 0 bridgehead atoms. The zero-order valence-electron chi connectivity index (χ0n) is 11.6. The van der Waals surface area contributed by atoms with Gasteiger partial charge in [0.15, 0.2) is 5.17 Å². The standard InChI is InChI=1S/C14H16FN3O2S/c1-2-7-16-14-18-13(20)11(21-14)8-12(19)17-10-5-3-9(15)4-6-10/h3-6,11H,2,7-8H2,1H3,(H,17,19)(H,16,18,20)/t11-/m0/s1. The van der Waals surface area contributed by atoms with Crippen LogP contribution in [0.5, 0.6) is 0 Å². The third-order valence-corrected chi connectivity index (χ3v) is 3.87. The summed E-state index contributed by atoms with van der Waals surface area (Å²) in [4.78, 5) is 27.8. The fourth-order valence-electron chi connectivity index (χ4n) is 1.74. The number of amides is 2. The van der Waals surface area contributed by atoms with E-state index in [0.717, 1.165) is 6.42 Å². The van der Waals surface area contributed by atoms with Crippen LogP contribution in [0.15, 0.2) is 29.3 Å². The van der Waals surface area contributed by atoms with Crippen LogP contribution in [-0.2, 0) is 9.59 Å². The highest BCUT2D eigenvalue weighted by Crippen LogP contribution is 2.23. The number of carbonyl (C=O) groups is 2. The fraction of sp³-hybridized carbons (Fsp3) is 0.357. The van der Waals surface area contributed by atoms with Gasteiger partial charge in [0, 0.05) is 18.7 Å². The molecule has 21 heavy (non-hydrogen) atoms. The Morgan fingerprint density at radius 3 is 2.81 bits per heavy atom. The highest BCUT2D eigenvalue weighted by molar-refractivity contribution is 8.15. The quantitative estimate of drug-likeness (QED) is 0.875. The number of rotatable bonds is 5. The van der Waals surface area contributed by atoms with Crippen molar-refractivity contribution in [2.24, 2.45) is 4.99 Å². The topological polar surface area (TPSA) is 70.6 Å². The first kappa shape index (κ1) is 15.5. The van der Waals surface area contributed by atoms with E-state index in [1.54, 1.807) is 0 Å². The molecule has 2 amide bonds. The second-order valence-corrected chi connectivity index (χ2v) is 5.73. The molecule has 1 atom stereocenters. The molecule has 0 saturated carbocycles. The lowest BCUT2D eigenvalue weighted by molar-refractivity contribution is -0.122. The molecule has 1 aromatic rings. The predicted molar refractivity (Wildman–Crippen MR) is 81.8 cm³/mol. The molecule has 1 aromatic carbocycles. The molecule has 0 radical (unpaired) electrons. The van der Waals surface area contributed by atoms with Gasteiger partial charge in [0.1, 0.15) is 11.1 Å². The molecule has 1 aliphatic heterocycles. The number of anilines is 1. The normalized spacial score (nSPS) is 19.6. The van der Waals surface area contributed by atoms with Crippen LogP contribution in [0.1, 0.15) is 19.8 Å². The van der Waals surface area contributed by atoms with Gasteiger partial charge in [0.25, 0.3) is 0 Å². The van der Waals surface area contributed by atoms with Crippen LogP contribution in [0, 0.1) is 5.82 Å². The summed E-state index contributed by atoms with van der Waals surface area (Å²) < 4.78 is 12.8. The first-order chi connectivity index (χ1) is 10.1. The molecule has 0 aromatic heterocycles. The highest BCUT2D eigenvalue weighted by Gasteiger charge is 2.31. The van der Waals surface area contributed by atoms with Crippen molar-refractivity contribution in [3.05, 3.63) is 30.1 Å². The van der Waals surface area contributed by atoms with Gasteiger partial charge in [0.2, 0.25) is 11.8 Å². The summed E-state index contributed by atoms with van der Waals surface area (Å²) >= 11 is 1.27. The molecule has 1 heterocycles. The van der Waals surface area contributed by atoms with E-state index < -0.39 is 5.25 Å². The van der Waals surface area contributed by atoms with E-state index in [4.69, 9.17) is 0 Å². The first-order valence-electron chi connectivity index (χ1n) is 6.66. The van der Waals surface area contributed by atoms with E-state index in [2.05, 4.69) is 15.6 Å². The lowest BCUT2D eigenvalue weighted by atomic mass is 10.2. The summed E-state index contributed by atoms with van der Waals surface area (Å²) in [6, 6.07) is 5.48. The summed E-state index contributed by atoms with van der Waals surface area (Å²) in [6.07, 6.45) is 0.953. The second kappa shape index (κ2) is 7.21. The van der Waals surface area contributed by atoms with Gasteiger partial charge >= 0.3 is 0 Å². The highest BCUT2D eigenvalue weighted by atomic mass is 32.2. The monoisotopic (exact) mass is 309 g/mol. The Labute approximate surface area is 126 Å². The Balaban J connectivity index is 1.88. The summed E-state index contributed by atoms with van der Waals surface area (Å²) in [5.41, 5.74) is 0.504. The zero-order valence-corrected chi connectivity index (χ0v) is 12.4. The molecule has 1 fully saturated rings. The van der Waals surface area contributed by atoms with Gasteiger partial charge in [-0.15, -0.1) is 0 Å². The largest absolute Gasteiger partial charge is 0.326 e. The number of hydrogen-bond donors (Lipinski definition) is 2. The molecular formula is C14H16FN3O2S. The molecule has 0 aliphatic carbocycles. The van der Waals surface area contributed by atoms with Crippen LogP contribution in [-0.4, -0.2) is 28.8 Å². The van der Waals surface area contributed by atoms with Crippen molar-refractivity contribution in [1.82, 2.24) is 5.32 Å². The maximum absolute atomic E-state index is 12.8. The molecule has 2 rings (SSSR count). The number of benzene rings is 1. The Morgan fingerprint density at radius 2 is 2.14 bits per heavy atom. The molecule has 2 N–H and O–H groups in total. The van der Waals surface area contributed by atoms with E-state index in [0.29, 0.717) is 17.4 Å². The number of nitrogens with one attached hydrogen (secondary N) is 2. The van der Waals surface area contributed by atoms with Gasteiger partial charge in [-0.1, -0.05) is 18.7 Å². The number of aliphatic imine (C=N–C) groups is 1. The first-order valence-corrected chi connectivity index (χ1v) is 7.54. The number of hydrogen-bond acceptors (Lipinski definition) is 4. The Hall–Kier alpha value is -1.89. The van der Waals surface area contributed by atoms with Crippen molar-refractivity contribution in [1.29, 1.82) is 0 Å². The molecule has 7 heteroatoms. The van der Waals surface area contributed by atoms with E-state index in [1.807, 2.05) is 6.92 Å². The number of thioether (sulfide) groups is 1. The third-order valence-electron chi connectivity index (χ3n) is 2.75. The van der Waals surface area contributed by atoms with Crippen LogP contribution in [0.3, 0.4) is 0 Å².